The van der Waals surface area contributed by atoms with Gasteiger partial charge in [-0.3, -0.25) is 0 Å². The molecule has 0 saturated carbocycles. The average Bonchev–Trinajstić information content (AvgIpc) is 2.72. The number of nitrogens with zero attached hydrogens (tertiary/aromatic N) is 2. The summed E-state index contributed by atoms with van der Waals surface area (Å²) in [5.74, 6) is 0. The first kappa shape index (κ1) is 12.7. The third-order valence-corrected chi connectivity index (χ3v) is 5.84. The number of aryl methyl sites for hydroxylation is 1. The lowest BCUT2D eigenvalue weighted by Crippen LogP contribution is -2.36. The van der Waals surface area contributed by atoms with Crippen LogP contribution < -0.4 is 10.5 Å². The second-order valence-electron chi connectivity index (χ2n) is 4.29. The monoisotopic (exact) mass is 276 g/mol. The molecule has 0 amide bonds. The molecule has 1 atom stereocenters. The SMILES string of the molecule is Cc1nc(N)sc1S(=O)(=O)NC1CCN(C)C1. The normalized spacial score (nSPS) is 22.1. The first-order valence-corrected chi connectivity index (χ1v) is 7.62. The van der Waals surface area contributed by atoms with Gasteiger partial charge in [-0.25, -0.2) is 18.1 Å². The third-order valence-electron chi connectivity index (χ3n) is 2.73. The largest absolute Gasteiger partial charge is 0.375 e. The van der Waals surface area contributed by atoms with Gasteiger partial charge in [0, 0.05) is 12.6 Å². The van der Waals surface area contributed by atoms with Crippen molar-refractivity contribution in [1.82, 2.24) is 14.6 Å². The Kier molecular flexibility index (Phi) is 3.39. The molecule has 0 aliphatic carbocycles. The van der Waals surface area contributed by atoms with Gasteiger partial charge in [-0.15, -0.1) is 0 Å². The molecule has 1 unspecified atom stereocenters. The van der Waals surface area contributed by atoms with E-state index in [9.17, 15) is 8.42 Å². The molecule has 0 bridgehead atoms. The highest BCUT2D eigenvalue weighted by molar-refractivity contribution is 7.91. The molecular formula is C9H16N4O2S2. The van der Waals surface area contributed by atoms with E-state index in [2.05, 4.69) is 14.6 Å². The van der Waals surface area contributed by atoms with Gasteiger partial charge in [-0.05, 0) is 26.9 Å². The molecular weight excluding hydrogens is 260 g/mol. The number of nitrogen functional groups attached to an aromatic ring is 1. The van der Waals surface area contributed by atoms with Crippen LogP contribution in [0.25, 0.3) is 0 Å². The van der Waals surface area contributed by atoms with Crippen LogP contribution in [0.3, 0.4) is 0 Å². The Bertz CT molecular complexity index is 511. The van der Waals surface area contributed by atoms with E-state index < -0.39 is 10.0 Å². The maximum atomic E-state index is 12.1. The molecule has 0 radical (unpaired) electrons. The van der Waals surface area contributed by atoms with Crippen molar-refractivity contribution in [2.45, 2.75) is 23.6 Å². The van der Waals surface area contributed by atoms with E-state index in [0.29, 0.717) is 5.69 Å². The molecule has 0 spiro atoms. The summed E-state index contributed by atoms with van der Waals surface area (Å²) >= 11 is 1.01. The Morgan fingerprint density at radius 3 is 2.76 bits per heavy atom. The second-order valence-corrected chi connectivity index (χ2v) is 7.23. The van der Waals surface area contributed by atoms with Crippen molar-refractivity contribution in [1.29, 1.82) is 0 Å². The molecule has 3 N–H and O–H groups in total. The summed E-state index contributed by atoms with van der Waals surface area (Å²) < 4.78 is 27.2. The fourth-order valence-corrected chi connectivity index (χ4v) is 4.53. The molecule has 6 nitrogen and oxygen atoms in total. The maximum absolute atomic E-state index is 12.1. The van der Waals surface area contributed by atoms with Gasteiger partial charge in [0.1, 0.15) is 0 Å². The minimum atomic E-state index is -3.48. The lowest BCUT2D eigenvalue weighted by atomic mass is 10.3. The zero-order chi connectivity index (χ0) is 12.6. The number of sulfonamides is 1. The molecule has 1 aromatic heterocycles. The molecule has 2 heterocycles. The number of likely N-dealkylation sites (tertiary alicyclic amines) is 1. The number of hydrogen-bond donors (Lipinski definition) is 2. The predicted octanol–water partition coefficient (Wildman–Crippen LogP) is 0.0161. The summed E-state index contributed by atoms with van der Waals surface area (Å²) in [5.41, 5.74) is 5.98. The van der Waals surface area contributed by atoms with E-state index in [-0.39, 0.29) is 15.4 Å². The van der Waals surface area contributed by atoms with Gasteiger partial charge in [0.2, 0.25) is 0 Å². The topological polar surface area (TPSA) is 88.3 Å². The van der Waals surface area contributed by atoms with Crippen molar-refractivity contribution in [3.63, 3.8) is 0 Å². The van der Waals surface area contributed by atoms with Crippen LogP contribution in [0.15, 0.2) is 4.21 Å². The van der Waals surface area contributed by atoms with Crippen LogP contribution >= 0.6 is 11.3 Å². The average molecular weight is 276 g/mol. The minimum Gasteiger partial charge on any atom is -0.375 e. The highest BCUT2D eigenvalue weighted by Gasteiger charge is 2.28. The number of likely N-dealkylation sites (N-methyl/N-ethyl adjacent to an activating group) is 1. The Labute approximate surface area is 105 Å². The van der Waals surface area contributed by atoms with Gasteiger partial charge in [0.15, 0.2) is 9.34 Å². The standard InChI is InChI=1S/C9H16N4O2S2/c1-6-8(16-9(10)11-6)17(14,15)12-7-3-4-13(2)5-7/h7,12H,3-5H2,1-2H3,(H2,10,11). The van der Waals surface area contributed by atoms with E-state index in [1.807, 2.05) is 7.05 Å². The zero-order valence-corrected chi connectivity index (χ0v) is 11.4. The predicted molar refractivity (Wildman–Crippen MR) is 67.5 cm³/mol. The fraction of sp³-hybridized carbons (Fsp3) is 0.667. The van der Waals surface area contributed by atoms with Crippen LogP contribution in [-0.2, 0) is 10.0 Å². The van der Waals surface area contributed by atoms with E-state index >= 15 is 0 Å². The first-order chi connectivity index (χ1) is 7.88. The molecule has 1 saturated heterocycles. The lowest BCUT2D eigenvalue weighted by Gasteiger charge is -2.12. The van der Waals surface area contributed by atoms with Crippen LogP contribution in [0.1, 0.15) is 12.1 Å². The highest BCUT2D eigenvalue weighted by atomic mass is 32.2. The van der Waals surface area contributed by atoms with Crippen molar-refractivity contribution >= 4 is 26.5 Å². The van der Waals surface area contributed by atoms with E-state index in [1.54, 1.807) is 6.92 Å². The molecule has 1 aliphatic heterocycles. The zero-order valence-electron chi connectivity index (χ0n) is 9.80. The van der Waals surface area contributed by atoms with E-state index in [1.165, 1.54) is 0 Å². The van der Waals surface area contributed by atoms with Gasteiger partial charge in [-0.1, -0.05) is 11.3 Å². The van der Waals surface area contributed by atoms with Crippen LogP contribution in [0.2, 0.25) is 0 Å². The van der Waals surface area contributed by atoms with Crippen molar-refractivity contribution < 1.29 is 8.42 Å². The van der Waals surface area contributed by atoms with E-state index in [4.69, 9.17) is 5.73 Å². The van der Waals surface area contributed by atoms with Gasteiger partial charge in [-0.2, -0.15) is 0 Å². The van der Waals surface area contributed by atoms with Gasteiger partial charge >= 0.3 is 0 Å². The molecule has 0 aromatic carbocycles. The second kappa shape index (κ2) is 4.52. The lowest BCUT2D eigenvalue weighted by molar-refractivity contribution is 0.407. The maximum Gasteiger partial charge on any atom is 0.252 e. The van der Waals surface area contributed by atoms with E-state index in [0.717, 1.165) is 30.8 Å². The fourth-order valence-electron chi connectivity index (χ4n) is 1.96. The minimum absolute atomic E-state index is 0.0206. The Balaban J connectivity index is 2.17. The summed E-state index contributed by atoms with van der Waals surface area (Å²) in [6, 6.07) is -0.0206. The van der Waals surface area contributed by atoms with Gasteiger partial charge in [0.25, 0.3) is 10.0 Å². The van der Waals surface area contributed by atoms with Crippen molar-refractivity contribution in [2.75, 3.05) is 25.9 Å². The number of nitrogens with two attached hydrogens (primary N) is 1. The summed E-state index contributed by atoms with van der Waals surface area (Å²) in [6.45, 7) is 3.31. The molecule has 1 fully saturated rings. The molecule has 96 valence electrons. The van der Waals surface area contributed by atoms with Crippen LogP contribution in [0.4, 0.5) is 5.13 Å². The van der Waals surface area contributed by atoms with Crippen molar-refractivity contribution in [3.8, 4) is 0 Å². The summed E-state index contributed by atoms with van der Waals surface area (Å²) in [4.78, 5) is 6.03. The Morgan fingerprint density at radius 2 is 2.29 bits per heavy atom. The van der Waals surface area contributed by atoms with Gasteiger partial charge in [0.05, 0.1) is 5.69 Å². The smallest absolute Gasteiger partial charge is 0.252 e. The van der Waals surface area contributed by atoms with Gasteiger partial charge < -0.3 is 10.6 Å². The highest BCUT2D eigenvalue weighted by Crippen LogP contribution is 2.25. The summed E-state index contributed by atoms with van der Waals surface area (Å²) in [7, 11) is -1.50. The molecule has 1 aliphatic rings. The molecule has 1 aromatic rings. The number of nitrogens with one attached hydrogen (secondary N) is 1. The number of rotatable bonds is 3. The molecule has 8 heteroatoms. The van der Waals surface area contributed by atoms with Crippen LogP contribution in [-0.4, -0.2) is 44.5 Å². The Hall–Kier alpha value is -0.700. The molecule has 2 rings (SSSR count). The first-order valence-electron chi connectivity index (χ1n) is 5.32. The summed E-state index contributed by atoms with van der Waals surface area (Å²) in [5, 5.41) is 0.284. The van der Waals surface area contributed by atoms with Crippen molar-refractivity contribution in [3.05, 3.63) is 5.69 Å². The number of thiazole rings is 1. The van der Waals surface area contributed by atoms with Crippen molar-refractivity contribution in [2.24, 2.45) is 0 Å². The number of aromatic nitrogens is 1. The third kappa shape index (κ3) is 2.76. The molecule has 17 heavy (non-hydrogen) atoms. The van der Waals surface area contributed by atoms with Crippen LogP contribution in [0.5, 0.6) is 0 Å². The quantitative estimate of drug-likeness (QED) is 0.812. The summed E-state index contributed by atoms with van der Waals surface area (Å²) in [6.07, 6.45) is 0.836. The van der Waals surface area contributed by atoms with Crippen LogP contribution in [0, 0.1) is 6.92 Å². The number of hydrogen-bond acceptors (Lipinski definition) is 6. The Morgan fingerprint density at radius 1 is 1.59 bits per heavy atom. The number of anilines is 1.